The van der Waals surface area contributed by atoms with Crippen LogP contribution in [-0.4, -0.2) is 30.5 Å². The average Bonchev–Trinajstić information content (AvgIpc) is 2.57. The standard InChI is InChI=1S/C17H22FN2O6P/c1-17(2,3)26-16(22)19-13-14(27(23,24-5)25-6)11-9-10(18)7-8-12(11)20(4)15(13)21/h7-9H,1-6H3,(H,19,22). The van der Waals surface area contributed by atoms with Crippen LogP contribution in [0.4, 0.5) is 14.9 Å². The van der Waals surface area contributed by atoms with Gasteiger partial charge in [-0.25, -0.2) is 9.18 Å². The Labute approximate surface area is 155 Å². The zero-order valence-electron chi connectivity index (χ0n) is 16.0. The van der Waals surface area contributed by atoms with Crippen molar-refractivity contribution in [1.29, 1.82) is 0 Å². The van der Waals surface area contributed by atoms with Crippen LogP contribution in [0.15, 0.2) is 23.0 Å². The van der Waals surface area contributed by atoms with E-state index in [-0.39, 0.29) is 16.4 Å². The van der Waals surface area contributed by atoms with Crippen LogP contribution in [-0.2, 0) is 25.4 Å². The van der Waals surface area contributed by atoms with E-state index in [2.05, 4.69) is 5.32 Å². The number of rotatable bonds is 4. The monoisotopic (exact) mass is 400 g/mol. The van der Waals surface area contributed by atoms with Crippen molar-refractivity contribution in [3.8, 4) is 0 Å². The van der Waals surface area contributed by atoms with E-state index in [1.54, 1.807) is 20.8 Å². The highest BCUT2D eigenvalue weighted by Crippen LogP contribution is 2.48. The molecule has 10 heteroatoms. The fraction of sp³-hybridized carbons (Fsp3) is 0.412. The third-order valence-electron chi connectivity index (χ3n) is 3.71. The van der Waals surface area contributed by atoms with Gasteiger partial charge >= 0.3 is 13.7 Å². The van der Waals surface area contributed by atoms with Gasteiger partial charge in [-0.05, 0) is 39.0 Å². The first-order valence-electron chi connectivity index (χ1n) is 7.98. The summed E-state index contributed by atoms with van der Waals surface area (Å²) >= 11 is 0. The number of anilines is 1. The number of carbonyl (C=O) groups excluding carboxylic acids is 1. The van der Waals surface area contributed by atoms with Crippen molar-refractivity contribution >= 4 is 35.6 Å². The quantitative estimate of drug-likeness (QED) is 0.793. The van der Waals surface area contributed by atoms with Gasteiger partial charge in [0.15, 0.2) is 0 Å². The Morgan fingerprint density at radius 3 is 2.33 bits per heavy atom. The molecule has 1 aromatic carbocycles. The fourth-order valence-electron chi connectivity index (χ4n) is 2.56. The third-order valence-corrected chi connectivity index (χ3v) is 5.68. The first-order chi connectivity index (χ1) is 12.4. The maximum atomic E-state index is 13.9. The second kappa shape index (κ2) is 7.42. The summed E-state index contributed by atoms with van der Waals surface area (Å²) in [6, 6.07) is 3.62. The Balaban J connectivity index is 2.86. The molecule has 0 atom stereocenters. The molecule has 0 aliphatic rings. The van der Waals surface area contributed by atoms with Gasteiger partial charge in [0.05, 0.1) is 5.52 Å². The molecule has 1 heterocycles. The van der Waals surface area contributed by atoms with Gasteiger partial charge in [0.1, 0.15) is 22.4 Å². The molecule has 27 heavy (non-hydrogen) atoms. The summed E-state index contributed by atoms with van der Waals surface area (Å²) < 4.78 is 43.4. The summed E-state index contributed by atoms with van der Waals surface area (Å²) in [5, 5.41) is 2.18. The van der Waals surface area contributed by atoms with Gasteiger partial charge in [0.25, 0.3) is 5.56 Å². The average molecular weight is 400 g/mol. The van der Waals surface area contributed by atoms with Crippen LogP contribution in [0.5, 0.6) is 0 Å². The van der Waals surface area contributed by atoms with Gasteiger partial charge in [0.2, 0.25) is 0 Å². The molecule has 0 radical (unpaired) electrons. The summed E-state index contributed by atoms with van der Waals surface area (Å²) in [5.74, 6) is -0.621. The minimum Gasteiger partial charge on any atom is -0.444 e. The maximum Gasteiger partial charge on any atom is 0.412 e. The van der Waals surface area contributed by atoms with Gasteiger partial charge in [-0.1, -0.05) is 0 Å². The van der Waals surface area contributed by atoms with Crippen molar-refractivity contribution in [3.05, 3.63) is 34.4 Å². The molecule has 0 fully saturated rings. The number of pyridine rings is 1. The summed E-state index contributed by atoms with van der Waals surface area (Å²) in [4.78, 5) is 25.1. The van der Waals surface area contributed by atoms with E-state index in [0.717, 1.165) is 26.4 Å². The molecular weight excluding hydrogens is 378 g/mol. The number of fused-ring (bicyclic) bond motifs is 1. The van der Waals surface area contributed by atoms with Gasteiger partial charge in [-0.2, -0.15) is 0 Å². The van der Waals surface area contributed by atoms with E-state index in [0.29, 0.717) is 5.52 Å². The highest BCUT2D eigenvalue weighted by Gasteiger charge is 2.34. The zero-order valence-corrected chi connectivity index (χ0v) is 16.8. The predicted octanol–water partition coefficient (Wildman–Crippen LogP) is 3.14. The molecule has 1 amide bonds. The Hall–Kier alpha value is -2.22. The molecule has 2 rings (SSSR count). The molecule has 8 nitrogen and oxygen atoms in total. The molecule has 0 spiro atoms. The normalized spacial score (nSPS) is 12.3. The highest BCUT2D eigenvalue weighted by atomic mass is 31.2. The molecule has 0 bridgehead atoms. The Morgan fingerprint density at radius 2 is 1.81 bits per heavy atom. The number of carbonyl (C=O) groups is 1. The number of nitrogens with one attached hydrogen (secondary N) is 1. The minimum atomic E-state index is -4.04. The lowest BCUT2D eigenvalue weighted by atomic mass is 10.2. The minimum absolute atomic E-state index is 0.107. The van der Waals surface area contributed by atoms with Crippen molar-refractivity contribution in [2.45, 2.75) is 26.4 Å². The summed E-state index contributed by atoms with van der Waals surface area (Å²) in [6.45, 7) is 4.95. The van der Waals surface area contributed by atoms with Crippen LogP contribution in [0, 0.1) is 5.82 Å². The fourth-order valence-corrected chi connectivity index (χ4v) is 3.98. The second-order valence-corrected chi connectivity index (χ2v) is 8.91. The first kappa shape index (κ1) is 21.1. The molecule has 0 unspecified atom stereocenters. The van der Waals surface area contributed by atoms with E-state index in [1.165, 1.54) is 17.7 Å². The number of aromatic nitrogens is 1. The van der Waals surface area contributed by atoms with E-state index in [4.69, 9.17) is 13.8 Å². The van der Waals surface area contributed by atoms with Crippen LogP contribution in [0.2, 0.25) is 0 Å². The van der Waals surface area contributed by atoms with E-state index in [9.17, 15) is 18.5 Å². The number of ether oxygens (including phenoxy) is 1. The lowest BCUT2D eigenvalue weighted by Gasteiger charge is -2.23. The SMILES string of the molecule is COP(=O)(OC)c1c(NC(=O)OC(C)(C)C)c(=O)n(C)c2ccc(F)cc12. The zero-order chi connectivity index (χ0) is 20.6. The molecule has 0 saturated heterocycles. The van der Waals surface area contributed by atoms with Crippen molar-refractivity contribution in [1.82, 2.24) is 4.57 Å². The highest BCUT2D eigenvalue weighted by molar-refractivity contribution is 7.63. The number of hydrogen-bond donors (Lipinski definition) is 1. The van der Waals surface area contributed by atoms with Crippen LogP contribution < -0.4 is 16.2 Å². The Morgan fingerprint density at radius 1 is 1.22 bits per heavy atom. The van der Waals surface area contributed by atoms with Crippen LogP contribution in [0.1, 0.15) is 20.8 Å². The van der Waals surface area contributed by atoms with Crippen molar-refractivity contribution < 1.29 is 27.5 Å². The molecule has 148 valence electrons. The summed E-state index contributed by atoms with van der Waals surface area (Å²) in [7, 11) is -0.341. The molecular formula is C17H22FN2O6P. The molecule has 0 aliphatic carbocycles. The summed E-state index contributed by atoms with van der Waals surface area (Å²) in [5.41, 5.74) is -1.58. The lowest BCUT2D eigenvalue weighted by molar-refractivity contribution is 0.0636. The van der Waals surface area contributed by atoms with Crippen LogP contribution in [0.25, 0.3) is 10.9 Å². The molecule has 2 aromatic rings. The lowest BCUT2D eigenvalue weighted by Crippen LogP contribution is -2.35. The number of halogens is 1. The molecule has 1 N–H and O–H groups in total. The molecule has 0 saturated carbocycles. The number of amides is 1. The third kappa shape index (κ3) is 4.21. The number of nitrogens with zero attached hydrogens (tertiary/aromatic N) is 1. The van der Waals surface area contributed by atoms with Crippen LogP contribution >= 0.6 is 7.60 Å². The molecule has 1 aromatic heterocycles. The number of aryl methyl sites for hydroxylation is 1. The largest absolute Gasteiger partial charge is 0.444 e. The van der Waals surface area contributed by atoms with E-state index < -0.39 is 30.7 Å². The van der Waals surface area contributed by atoms with E-state index in [1.807, 2.05) is 0 Å². The Bertz CT molecular complexity index is 988. The Kier molecular flexibility index (Phi) is 5.79. The number of benzene rings is 1. The maximum absolute atomic E-state index is 13.9. The van der Waals surface area contributed by atoms with Gasteiger partial charge in [0, 0.05) is 26.7 Å². The second-order valence-electron chi connectivity index (χ2n) is 6.74. The smallest absolute Gasteiger partial charge is 0.412 e. The van der Waals surface area contributed by atoms with Crippen molar-refractivity contribution in [3.63, 3.8) is 0 Å². The van der Waals surface area contributed by atoms with Gasteiger partial charge in [-0.3, -0.25) is 14.7 Å². The summed E-state index contributed by atoms with van der Waals surface area (Å²) in [6.07, 6.45) is -0.935. The van der Waals surface area contributed by atoms with Gasteiger partial charge in [-0.15, -0.1) is 0 Å². The predicted molar refractivity (Wildman–Crippen MR) is 100 cm³/mol. The number of hydrogen-bond acceptors (Lipinski definition) is 6. The van der Waals surface area contributed by atoms with E-state index >= 15 is 0 Å². The van der Waals surface area contributed by atoms with Gasteiger partial charge < -0.3 is 18.4 Å². The van der Waals surface area contributed by atoms with Crippen molar-refractivity contribution in [2.75, 3.05) is 19.5 Å². The van der Waals surface area contributed by atoms with Crippen molar-refractivity contribution in [2.24, 2.45) is 7.05 Å². The topological polar surface area (TPSA) is 95.9 Å². The molecule has 0 aliphatic heterocycles. The first-order valence-corrected chi connectivity index (χ1v) is 9.52. The van der Waals surface area contributed by atoms with Crippen LogP contribution in [0.3, 0.4) is 0 Å².